The van der Waals surface area contributed by atoms with Gasteiger partial charge < -0.3 is 9.53 Å². The van der Waals surface area contributed by atoms with E-state index in [4.69, 9.17) is 4.74 Å². The highest BCUT2D eigenvalue weighted by molar-refractivity contribution is 7.91. The first kappa shape index (κ1) is 18.9. The summed E-state index contributed by atoms with van der Waals surface area (Å²) in [6.07, 6.45) is 0.303. The SMILES string of the molecule is CCOC(=O)C(C=O)(CCS(=O)(=O)c1ccccc1)c1ccccc1. The third-order valence-corrected chi connectivity index (χ3v) is 5.73. The Morgan fingerprint density at radius 3 is 2.12 bits per heavy atom. The third-order valence-electron chi connectivity index (χ3n) is 4.00. The molecule has 0 aliphatic rings. The molecule has 2 aromatic carbocycles. The monoisotopic (exact) mass is 360 g/mol. The zero-order chi connectivity index (χ0) is 18.3. The fraction of sp³-hybridized carbons (Fsp3) is 0.263. The number of hydrogen-bond donors (Lipinski definition) is 0. The lowest BCUT2D eigenvalue weighted by Gasteiger charge is -2.26. The van der Waals surface area contributed by atoms with Gasteiger partial charge in [0.2, 0.25) is 0 Å². The summed E-state index contributed by atoms with van der Waals surface area (Å²) < 4.78 is 30.1. The van der Waals surface area contributed by atoms with Crippen molar-refractivity contribution in [2.45, 2.75) is 23.7 Å². The molecule has 6 heteroatoms. The van der Waals surface area contributed by atoms with Crippen molar-refractivity contribution < 1.29 is 22.7 Å². The Hall–Kier alpha value is -2.47. The van der Waals surface area contributed by atoms with E-state index in [0.29, 0.717) is 11.8 Å². The van der Waals surface area contributed by atoms with Crippen molar-refractivity contribution in [3.8, 4) is 0 Å². The highest BCUT2D eigenvalue weighted by atomic mass is 32.2. The average Bonchev–Trinajstić information content (AvgIpc) is 2.64. The average molecular weight is 360 g/mol. The van der Waals surface area contributed by atoms with Crippen LogP contribution in [0.4, 0.5) is 0 Å². The number of carbonyl (C=O) groups is 2. The number of ether oxygens (including phenoxy) is 1. The molecular formula is C19H20O5S. The van der Waals surface area contributed by atoms with Gasteiger partial charge >= 0.3 is 5.97 Å². The van der Waals surface area contributed by atoms with E-state index in [1.165, 1.54) is 12.1 Å². The molecule has 0 fully saturated rings. The van der Waals surface area contributed by atoms with Crippen LogP contribution in [0.15, 0.2) is 65.6 Å². The molecule has 0 bridgehead atoms. The van der Waals surface area contributed by atoms with Gasteiger partial charge in [-0.05, 0) is 31.0 Å². The summed E-state index contributed by atoms with van der Waals surface area (Å²) in [5.74, 6) is -1.08. The molecule has 0 saturated carbocycles. The van der Waals surface area contributed by atoms with Crippen LogP contribution in [0.5, 0.6) is 0 Å². The molecule has 0 radical (unpaired) electrons. The summed E-state index contributed by atoms with van der Waals surface area (Å²) in [5, 5.41) is 0. The summed E-state index contributed by atoms with van der Waals surface area (Å²) in [6, 6.07) is 16.3. The van der Waals surface area contributed by atoms with E-state index in [9.17, 15) is 18.0 Å². The van der Waals surface area contributed by atoms with Gasteiger partial charge in [0.15, 0.2) is 9.84 Å². The normalized spacial score (nSPS) is 13.6. The predicted octanol–water partition coefficient (Wildman–Crippen LogP) is 2.55. The second kappa shape index (κ2) is 8.07. The third kappa shape index (κ3) is 4.14. The van der Waals surface area contributed by atoms with Crippen LogP contribution in [-0.4, -0.2) is 33.0 Å². The van der Waals surface area contributed by atoms with Gasteiger partial charge in [0.25, 0.3) is 0 Å². The summed E-state index contributed by atoms with van der Waals surface area (Å²) in [6.45, 7) is 1.74. The van der Waals surface area contributed by atoms with Crippen molar-refractivity contribution >= 4 is 22.1 Å². The zero-order valence-corrected chi connectivity index (χ0v) is 14.7. The van der Waals surface area contributed by atoms with Gasteiger partial charge in [0.05, 0.1) is 17.3 Å². The lowest BCUT2D eigenvalue weighted by atomic mass is 9.79. The van der Waals surface area contributed by atoms with E-state index in [1.807, 2.05) is 0 Å². The molecule has 0 saturated heterocycles. The molecule has 2 rings (SSSR count). The summed E-state index contributed by atoms with van der Waals surface area (Å²) in [7, 11) is -3.63. The van der Waals surface area contributed by atoms with Crippen molar-refractivity contribution in [3.63, 3.8) is 0 Å². The molecule has 1 unspecified atom stereocenters. The van der Waals surface area contributed by atoms with E-state index < -0.39 is 21.2 Å². The Kier molecular flexibility index (Phi) is 6.09. The number of benzene rings is 2. The predicted molar refractivity (Wildman–Crippen MR) is 93.9 cm³/mol. The van der Waals surface area contributed by atoms with Gasteiger partial charge in [-0.1, -0.05) is 48.5 Å². The molecular weight excluding hydrogens is 340 g/mol. The van der Waals surface area contributed by atoms with Crippen molar-refractivity contribution in [2.75, 3.05) is 12.4 Å². The van der Waals surface area contributed by atoms with Gasteiger partial charge in [-0.15, -0.1) is 0 Å². The number of aldehydes is 1. The van der Waals surface area contributed by atoms with Crippen LogP contribution in [0.3, 0.4) is 0 Å². The largest absolute Gasteiger partial charge is 0.465 e. The van der Waals surface area contributed by atoms with Crippen molar-refractivity contribution in [2.24, 2.45) is 0 Å². The summed E-state index contributed by atoms with van der Waals surface area (Å²) >= 11 is 0. The Morgan fingerprint density at radius 2 is 1.60 bits per heavy atom. The van der Waals surface area contributed by atoms with Crippen LogP contribution in [0.1, 0.15) is 18.9 Å². The minimum Gasteiger partial charge on any atom is -0.465 e. The molecule has 1 atom stereocenters. The lowest BCUT2D eigenvalue weighted by Crippen LogP contribution is -2.41. The number of carbonyl (C=O) groups excluding carboxylic acids is 2. The standard InChI is InChI=1S/C19H20O5S/c1-2-24-18(21)19(15-20,16-9-5-3-6-10-16)13-14-25(22,23)17-11-7-4-8-12-17/h3-12,15H,2,13-14H2,1H3. The fourth-order valence-electron chi connectivity index (χ4n) is 2.58. The fourth-order valence-corrected chi connectivity index (χ4v) is 3.97. The van der Waals surface area contributed by atoms with Gasteiger partial charge in [0.1, 0.15) is 11.7 Å². The number of esters is 1. The molecule has 0 N–H and O–H groups in total. The molecule has 132 valence electrons. The molecule has 0 aromatic heterocycles. The number of rotatable bonds is 8. The maximum atomic E-state index is 12.5. The molecule has 25 heavy (non-hydrogen) atoms. The van der Waals surface area contributed by atoms with E-state index in [0.717, 1.165) is 0 Å². The van der Waals surface area contributed by atoms with E-state index in [-0.39, 0.29) is 23.7 Å². The van der Waals surface area contributed by atoms with Crippen molar-refractivity contribution in [1.82, 2.24) is 0 Å². The first-order chi connectivity index (χ1) is 12.0. The molecule has 0 aliphatic carbocycles. The molecule has 5 nitrogen and oxygen atoms in total. The minimum atomic E-state index is -3.63. The van der Waals surface area contributed by atoms with Gasteiger partial charge in [0, 0.05) is 0 Å². The minimum absolute atomic E-state index is 0.104. The Morgan fingerprint density at radius 1 is 1.04 bits per heavy atom. The van der Waals surface area contributed by atoms with Crippen LogP contribution < -0.4 is 0 Å². The Bertz CT molecular complexity index is 815. The second-order valence-corrected chi connectivity index (χ2v) is 7.67. The van der Waals surface area contributed by atoms with E-state index >= 15 is 0 Å². The molecule has 2 aromatic rings. The zero-order valence-electron chi connectivity index (χ0n) is 13.9. The smallest absolute Gasteiger partial charge is 0.323 e. The molecule has 0 heterocycles. The van der Waals surface area contributed by atoms with Gasteiger partial charge in [-0.2, -0.15) is 0 Å². The maximum absolute atomic E-state index is 12.5. The Balaban J connectivity index is 2.37. The second-order valence-electron chi connectivity index (χ2n) is 5.56. The van der Waals surface area contributed by atoms with Gasteiger partial charge in [-0.25, -0.2) is 8.42 Å². The van der Waals surface area contributed by atoms with Crippen molar-refractivity contribution in [1.29, 1.82) is 0 Å². The topological polar surface area (TPSA) is 77.5 Å². The molecule has 0 spiro atoms. The van der Waals surface area contributed by atoms with Crippen LogP contribution in [0.2, 0.25) is 0 Å². The summed E-state index contributed by atoms with van der Waals surface area (Å²) in [4.78, 5) is 24.6. The number of hydrogen-bond acceptors (Lipinski definition) is 5. The Labute approximate surface area is 147 Å². The van der Waals surface area contributed by atoms with E-state index in [2.05, 4.69) is 0 Å². The highest BCUT2D eigenvalue weighted by Gasteiger charge is 2.42. The quantitative estimate of drug-likeness (QED) is 0.411. The van der Waals surface area contributed by atoms with Crippen molar-refractivity contribution in [3.05, 3.63) is 66.2 Å². The van der Waals surface area contributed by atoms with Crippen LogP contribution in [0, 0.1) is 0 Å². The first-order valence-corrected chi connectivity index (χ1v) is 9.58. The highest BCUT2D eigenvalue weighted by Crippen LogP contribution is 2.29. The lowest BCUT2D eigenvalue weighted by molar-refractivity contribution is -0.151. The van der Waals surface area contributed by atoms with Crippen LogP contribution in [-0.2, 0) is 29.6 Å². The maximum Gasteiger partial charge on any atom is 0.323 e. The molecule has 0 amide bonds. The van der Waals surface area contributed by atoms with Gasteiger partial charge in [-0.3, -0.25) is 4.79 Å². The summed E-state index contributed by atoms with van der Waals surface area (Å²) in [5.41, 5.74) is -1.22. The molecule has 0 aliphatic heterocycles. The number of sulfone groups is 1. The van der Waals surface area contributed by atoms with Crippen LogP contribution >= 0.6 is 0 Å². The van der Waals surface area contributed by atoms with E-state index in [1.54, 1.807) is 55.5 Å². The first-order valence-electron chi connectivity index (χ1n) is 7.93. The van der Waals surface area contributed by atoms with Crippen LogP contribution in [0.25, 0.3) is 0 Å².